The number of hydrogen-bond donors (Lipinski definition) is 1. The van der Waals surface area contributed by atoms with E-state index >= 15 is 0 Å². The van der Waals surface area contributed by atoms with E-state index in [9.17, 15) is 14.0 Å². The van der Waals surface area contributed by atoms with Crippen LogP contribution in [0.5, 0.6) is 0 Å². The van der Waals surface area contributed by atoms with Gasteiger partial charge in [0.2, 0.25) is 5.91 Å². The minimum absolute atomic E-state index is 0.0516. The van der Waals surface area contributed by atoms with Crippen molar-refractivity contribution >= 4 is 28.8 Å². The summed E-state index contributed by atoms with van der Waals surface area (Å²) < 4.78 is 13.0. The number of aromatic nitrogens is 2. The molecule has 0 unspecified atom stereocenters. The highest BCUT2D eigenvalue weighted by Gasteiger charge is 2.26. The summed E-state index contributed by atoms with van der Waals surface area (Å²) >= 11 is 1.48. The van der Waals surface area contributed by atoms with E-state index in [0.29, 0.717) is 24.5 Å². The summed E-state index contributed by atoms with van der Waals surface area (Å²) in [6.45, 7) is 1.31. The van der Waals surface area contributed by atoms with Gasteiger partial charge in [0.25, 0.3) is 5.91 Å². The van der Waals surface area contributed by atoms with E-state index in [2.05, 4.69) is 15.3 Å². The van der Waals surface area contributed by atoms with Crippen molar-refractivity contribution in [2.24, 2.45) is 0 Å². The van der Waals surface area contributed by atoms with Gasteiger partial charge in [0.05, 0.1) is 23.3 Å². The molecule has 6 nitrogen and oxygen atoms in total. The molecule has 8 heteroatoms. The Morgan fingerprint density at radius 1 is 1.17 bits per heavy atom. The summed E-state index contributed by atoms with van der Waals surface area (Å²) in [5.74, 6) is -0.262. The quantitative estimate of drug-likeness (QED) is 0.675. The third-order valence-corrected chi connectivity index (χ3v) is 6.15. The fourth-order valence-corrected chi connectivity index (χ4v) is 4.45. The molecule has 1 aliphatic rings. The predicted molar refractivity (Wildman–Crippen MR) is 113 cm³/mol. The van der Waals surface area contributed by atoms with Crippen LogP contribution in [0.4, 0.5) is 10.1 Å². The Morgan fingerprint density at radius 2 is 1.93 bits per heavy atom. The van der Waals surface area contributed by atoms with Crippen molar-refractivity contribution in [3.63, 3.8) is 0 Å². The third-order valence-electron chi connectivity index (χ3n) is 5.14. The first-order valence-electron chi connectivity index (χ1n) is 9.77. The van der Waals surface area contributed by atoms with Gasteiger partial charge < -0.3 is 10.2 Å². The number of thiazole rings is 1. The summed E-state index contributed by atoms with van der Waals surface area (Å²) in [5.41, 5.74) is 1.84. The van der Waals surface area contributed by atoms with Gasteiger partial charge in [-0.05, 0) is 42.7 Å². The molecule has 2 amide bonds. The van der Waals surface area contributed by atoms with Crippen molar-refractivity contribution in [3.8, 4) is 0 Å². The minimum atomic E-state index is -0.302. The zero-order valence-corrected chi connectivity index (χ0v) is 17.1. The Morgan fingerprint density at radius 3 is 2.63 bits per heavy atom. The van der Waals surface area contributed by atoms with Crippen LogP contribution in [0.1, 0.15) is 39.8 Å². The molecule has 4 rings (SSSR count). The van der Waals surface area contributed by atoms with E-state index < -0.39 is 0 Å². The molecule has 0 atom stereocenters. The first kappa shape index (κ1) is 20.2. The number of anilines is 1. The number of hydrogen-bond acceptors (Lipinski definition) is 5. The number of carbonyl (C=O) groups excluding carboxylic acids is 2. The number of rotatable bonds is 5. The second kappa shape index (κ2) is 9.13. The maximum absolute atomic E-state index is 13.0. The maximum atomic E-state index is 13.0. The highest BCUT2D eigenvalue weighted by atomic mass is 32.1. The van der Waals surface area contributed by atoms with E-state index in [4.69, 9.17) is 0 Å². The van der Waals surface area contributed by atoms with Gasteiger partial charge in [-0.2, -0.15) is 0 Å². The Hall–Kier alpha value is -3.13. The molecule has 3 aromatic rings. The molecule has 3 heterocycles. The van der Waals surface area contributed by atoms with Crippen LogP contribution in [0.3, 0.4) is 0 Å². The lowest BCUT2D eigenvalue weighted by Crippen LogP contribution is -2.38. The predicted octanol–water partition coefficient (Wildman–Crippen LogP) is 3.88. The van der Waals surface area contributed by atoms with Crippen LogP contribution in [0.25, 0.3) is 0 Å². The van der Waals surface area contributed by atoms with Gasteiger partial charge in [-0.1, -0.05) is 12.1 Å². The molecule has 1 fully saturated rings. The number of amides is 2. The van der Waals surface area contributed by atoms with Crippen molar-refractivity contribution in [1.29, 1.82) is 0 Å². The van der Waals surface area contributed by atoms with Crippen molar-refractivity contribution in [1.82, 2.24) is 14.9 Å². The molecule has 0 aliphatic carbocycles. The maximum Gasteiger partial charge on any atom is 0.275 e. The summed E-state index contributed by atoms with van der Waals surface area (Å²) in [5, 5.41) is 5.49. The lowest BCUT2D eigenvalue weighted by atomic mass is 9.97. The van der Waals surface area contributed by atoms with Gasteiger partial charge in [0.15, 0.2) is 0 Å². The highest BCUT2D eigenvalue weighted by molar-refractivity contribution is 7.10. The molecular formula is C22H21FN4O2S. The number of benzene rings is 1. The first-order chi connectivity index (χ1) is 14.6. The van der Waals surface area contributed by atoms with Gasteiger partial charge in [-0.25, -0.2) is 9.37 Å². The average molecular weight is 425 g/mol. The molecule has 0 bridgehead atoms. The van der Waals surface area contributed by atoms with E-state index in [0.717, 1.165) is 23.4 Å². The lowest BCUT2D eigenvalue weighted by Gasteiger charge is -2.31. The van der Waals surface area contributed by atoms with E-state index in [1.54, 1.807) is 42.0 Å². The first-order valence-corrected chi connectivity index (χ1v) is 10.7. The van der Waals surface area contributed by atoms with Crippen LogP contribution in [0.2, 0.25) is 0 Å². The number of nitrogens with one attached hydrogen (secondary N) is 1. The van der Waals surface area contributed by atoms with Crippen molar-refractivity contribution < 1.29 is 14.0 Å². The SMILES string of the molecule is O=C(Nc1cccnc1)c1csc(C2CCN(C(=O)Cc3ccc(F)cc3)CC2)n1. The van der Waals surface area contributed by atoms with E-state index in [1.165, 1.54) is 23.5 Å². The number of likely N-dealkylation sites (tertiary alicyclic amines) is 1. The van der Waals surface area contributed by atoms with Gasteiger partial charge in [-0.3, -0.25) is 14.6 Å². The molecule has 1 N–H and O–H groups in total. The second-order valence-electron chi connectivity index (χ2n) is 7.23. The van der Waals surface area contributed by atoms with Crippen molar-refractivity contribution in [2.75, 3.05) is 18.4 Å². The third kappa shape index (κ3) is 4.88. The standard InChI is InChI=1S/C22H21FN4O2S/c23-17-5-3-15(4-6-17)12-20(28)27-10-7-16(8-11-27)22-26-19(14-30-22)21(29)25-18-2-1-9-24-13-18/h1-6,9,13-14,16H,7-8,10-12H2,(H,25,29). The number of piperidine rings is 1. The molecule has 30 heavy (non-hydrogen) atoms. The molecule has 154 valence electrons. The summed E-state index contributed by atoms with van der Waals surface area (Å²) in [4.78, 5) is 35.3. The smallest absolute Gasteiger partial charge is 0.275 e. The van der Waals surface area contributed by atoms with Crippen LogP contribution in [0, 0.1) is 5.82 Å². The van der Waals surface area contributed by atoms with Crippen LogP contribution in [-0.2, 0) is 11.2 Å². The van der Waals surface area contributed by atoms with E-state index in [1.807, 2.05) is 4.90 Å². The zero-order valence-electron chi connectivity index (χ0n) is 16.3. The van der Waals surface area contributed by atoms with Gasteiger partial charge >= 0.3 is 0 Å². The molecular weight excluding hydrogens is 403 g/mol. The topological polar surface area (TPSA) is 75.2 Å². The minimum Gasteiger partial charge on any atom is -0.342 e. The number of carbonyl (C=O) groups is 2. The molecule has 1 aliphatic heterocycles. The molecule has 1 saturated heterocycles. The van der Waals surface area contributed by atoms with Crippen molar-refractivity contribution in [3.05, 3.63) is 76.3 Å². The molecule has 0 radical (unpaired) electrons. The fourth-order valence-electron chi connectivity index (χ4n) is 3.48. The van der Waals surface area contributed by atoms with Crippen molar-refractivity contribution in [2.45, 2.75) is 25.2 Å². The fraction of sp³-hybridized carbons (Fsp3) is 0.273. The van der Waals surface area contributed by atoms with Gasteiger partial charge in [0, 0.05) is 30.6 Å². The summed E-state index contributed by atoms with van der Waals surface area (Å²) in [7, 11) is 0. The van der Waals surface area contributed by atoms with Crippen LogP contribution in [0.15, 0.2) is 54.2 Å². The van der Waals surface area contributed by atoms with Crippen LogP contribution >= 0.6 is 11.3 Å². The normalized spacial score (nSPS) is 14.5. The Bertz CT molecular complexity index is 1020. The molecule has 0 saturated carbocycles. The summed E-state index contributed by atoms with van der Waals surface area (Å²) in [6.07, 6.45) is 5.14. The Labute approximate surface area is 177 Å². The summed E-state index contributed by atoms with van der Waals surface area (Å²) in [6, 6.07) is 9.57. The highest BCUT2D eigenvalue weighted by Crippen LogP contribution is 2.30. The number of pyridine rings is 1. The largest absolute Gasteiger partial charge is 0.342 e. The zero-order chi connectivity index (χ0) is 20.9. The van der Waals surface area contributed by atoms with Crippen LogP contribution in [-0.4, -0.2) is 39.8 Å². The van der Waals surface area contributed by atoms with Crippen LogP contribution < -0.4 is 5.32 Å². The number of halogens is 1. The second-order valence-corrected chi connectivity index (χ2v) is 8.11. The lowest BCUT2D eigenvalue weighted by molar-refractivity contribution is -0.131. The molecule has 0 spiro atoms. The number of nitrogens with zero attached hydrogens (tertiary/aromatic N) is 3. The monoisotopic (exact) mass is 424 g/mol. The van der Waals surface area contributed by atoms with Gasteiger partial charge in [-0.15, -0.1) is 11.3 Å². The Kier molecular flexibility index (Phi) is 6.13. The average Bonchev–Trinajstić information content (AvgIpc) is 3.27. The Balaban J connectivity index is 1.30. The molecule has 2 aromatic heterocycles. The molecule has 1 aromatic carbocycles. The van der Waals surface area contributed by atoms with Gasteiger partial charge in [0.1, 0.15) is 11.5 Å². The van der Waals surface area contributed by atoms with E-state index in [-0.39, 0.29) is 30.0 Å².